The summed E-state index contributed by atoms with van der Waals surface area (Å²) in [6, 6.07) is 0.370. The molecule has 0 aromatic carbocycles. The number of hydrogen-bond acceptors (Lipinski definition) is 5. The lowest BCUT2D eigenvalue weighted by Crippen LogP contribution is -2.49. The average Bonchev–Trinajstić information content (AvgIpc) is 3.05. The lowest BCUT2D eigenvalue weighted by Gasteiger charge is -2.35. The molecule has 0 bridgehead atoms. The summed E-state index contributed by atoms with van der Waals surface area (Å²) in [6.45, 7) is 5.85. The summed E-state index contributed by atoms with van der Waals surface area (Å²) >= 11 is 0. The number of hydrogen-bond donors (Lipinski definition) is 0. The molecule has 0 aromatic rings. The molecule has 0 unspecified atom stereocenters. The molecule has 2 atom stereocenters. The minimum absolute atomic E-state index is 0.142. The molecule has 0 aliphatic carbocycles. The maximum absolute atomic E-state index is 12.2. The first-order valence-electron chi connectivity index (χ1n) is 8.50. The number of rotatable bonds is 4. The molecule has 6 nitrogen and oxygen atoms in total. The molecule has 0 saturated carbocycles. The van der Waals surface area contributed by atoms with Gasteiger partial charge in [-0.3, -0.25) is 4.90 Å². The highest BCUT2D eigenvalue weighted by molar-refractivity contribution is 5.67. The second kappa shape index (κ2) is 6.72. The average molecular weight is 311 g/mol. The van der Waals surface area contributed by atoms with Gasteiger partial charge in [-0.2, -0.15) is 0 Å². The summed E-state index contributed by atoms with van der Waals surface area (Å²) < 4.78 is 11.1. The van der Waals surface area contributed by atoms with Gasteiger partial charge in [0.25, 0.3) is 0 Å². The normalized spacial score (nSPS) is 33.2. The summed E-state index contributed by atoms with van der Waals surface area (Å²) in [5.74, 6) is 0. The van der Waals surface area contributed by atoms with Crippen LogP contribution in [-0.2, 0) is 9.47 Å². The number of likely N-dealkylation sites (N-methyl/N-ethyl adjacent to an activating group) is 1. The standard InChI is InChI=1S/C16H29N3O3/c1-17-8-10-18(11-9-17)15(20)22-12-14-4-6-16(13-21-2)5-3-7-19(14)16/h14H,3-13H2,1-2H3/t14-,16-/m1/s1. The molecule has 0 N–H and O–H groups in total. The zero-order chi connectivity index (χ0) is 15.6. The van der Waals surface area contributed by atoms with E-state index in [1.54, 1.807) is 7.11 Å². The van der Waals surface area contributed by atoms with E-state index in [-0.39, 0.29) is 11.6 Å². The number of methoxy groups -OCH3 is 1. The molecule has 1 amide bonds. The molecule has 3 fully saturated rings. The van der Waals surface area contributed by atoms with E-state index in [4.69, 9.17) is 9.47 Å². The smallest absolute Gasteiger partial charge is 0.409 e. The number of piperazine rings is 1. The van der Waals surface area contributed by atoms with Crippen molar-refractivity contribution in [3.8, 4) is 0 Å². The highest BCUT2D eigenvalue weighted by Crippen LogP contribution is 2.42. The van der Waals surface area contributed by atoms with Gasteiger partial charge >= 0.3 is 6.09 Å². The number of carbonyl (C=O) groups is 1. The van der Waals surface area contributed by atoms with Crippen molar-refractivity contribution in [1.29, 1.82) is 0 Å². The van der Waals surface area contributed by atoms with E-state index < -0.39 is 0 Å². The van der Waals surface area contributed by atoms with Crippen LogP contribution < -0.4 is 0 Å². The van der Waals surface area contributed by atoms with Crippen molar-refractivity contribution in [2.75, 3.05) is 60.1 Å². The summed E-state index contributed by atoms with van der Waals surface area (Å²) in [6.07, 6.45) is 4.57. The van der Waals surface area contributed by atoms with Gasteiger partial charge in [-0.15, -0.1) is 0 Å². The molecule has 0 aromatic heterocycles. The molecule has 3 aliphatic rings. The highest BCUT2D eigenvalue weighted by atomic mass is 16.6. The fraction of sp³-hybridized carbons (Fsp3) is 0.938. The molecule has 3 heterocycles. The van der Waals surface area contributed by atoms with Gasteiger partial charge in [0, 0.05) is 44.9 Å². The number of fused-ring (bicyclic) bond motifs is 1. The quantitative estimate of drug-likeness (QED) is 0.775. The Bertz CT molecular complexity index is 398. The van der Waals surface area contributed by atoms with Gasteiger partial charge in [-0.25, -0.2) is 4.79 Å². The number of ether oxygens (including phenoxy) is 2. The molecule has 0 spiro atoms. The first kappa shape index (κ1) is 16.0. The molecule has 6 heteroatoms. The zero-order valence-corrected chi connectivity index (χ0v) is 13.9. The molecule has 3 rings (SSSR count). The van der Waals surface area contributed by atoms with Crippen LogP contribution in [0, 0.1) is 0 Å². The minimum Gasteiger partial charge on any atom is -0.448 e. The Kier molecular flexibility index (Phi) is 4.90. The fourth-order valence-electron chi connectivity index (χ4n) is 4.31. The van der Waals surface area contributed by atoms with Crippen LogP contribution in [-0.4, -0.2) is 92.5 Å². The second-order valence-corrected chi connectivity index (χ2v) is 7.01. The van der Waals surface area contributed by atoms with Gasteiger partial charge in [0.15, 0.2) is 0 Å². The Hall–Kier alpha value is -0.850. The van der Waals surface area contributed by atoms with E-state index in [0.717, 1.165) is 52.2 Å². The van der Waals surface area contributed by atoms with Gasteiger partial charge in [-0.05, 0) is 39.3 Å². The zero-order valence-electron chi connectivity index (χ0n) is 13.9. The van der Waals surface area contributed by atoms with Crippen LogP contribution in [0.25, 0.3) is 0 Å². The first-order chi connectivity index (χ1) is 10.6. The third kappa shape index (κ3) is 3.09. The monoisotopic (exact) mass is 311 g/mol. The molecular weight excluding hydrogens is 282 g/mol. The molecule has 3 saturated heterocycles. The molecule has 126 valence electrons. The first-order valence-corrected chi connectivity index (χ1v) is 8.50. The van der Waals surface area contributed by atoms with Crippen LogP contribution in [0.3, 0.4) is 0 Å². The lowest BCUT2D eigenvalue weighted by molar-refractivity contribution is 0.0241. The highest BCUT2D eigenvalue weighted by Gasteiger charge is 2.49. The van der Waals surface area contributed by atoms with Gasteiger partial charge in [0.05, 0.1) is 6.61 Å². The van der Waals surface area contributed by atoms with Gasteiger partial charge in [0.2, 0.25) is 0 Å². The van der Waals surface area contributed by atoms with Crippen LogP contribution >= 0.6 is 0 Å². The molecule has 22 heavy (non-hydrogen) atoms. The van der Waals surface area contributed by atoms with Crippen molar-refractivity contribution in [3.63, 3.8) is 0 Å². The number of carbonyl (C=O) groups excluding carboxylic acids is 1. The van der Waals surface area contributed by atoms with Crippen molar-refractivity contribution in [1.82, 2.24) is 14.7 Å². The van der Waals surface area contributed by atoms with Crippen LogP contribution in [0.5, 0.6) is 0 Å². The van der Waals surface area contributed by atoms with Crippen molar-refractivity contribution in [2.45, 2.75) is 37.3 Å². The van der Waals surface area contributed by atoms with Crippen LogP contribution in [0.4, 0.5) is 4.79 Å². The largest absolute Gasteiger partial charge is 0.448 e. The van der Waals surface area contributed by atoms with E-state index in [1.165, 1.54) is 12.8 Å². The third-order valence-corrected chi connectivity index (χ3v) is 5.61. The third-order valence-electron chi connectivity index (χ3n) is 5.61. The van der Waals surface area contributed by atoms with Crippen molar-refractivity contribution >= 4 is 6.09 Å². The van der Waals surface area contributed by atoms with E-state index in [9.17, 15) is 4.79 Å². The van der Waals surface area contributed by atoms with Crippen molar-refractivity contribution in [3.05, 3.63) is 0 Å². The fourth-order valence-corrected chi connectivity index (χ4v) is 4.31. The summed E-state index contributed by atoms with van der Waals surface area (Å²) in [5.41, 5.74) is 0.208. The van der Waals surface area contributed by atoms with E-state index >= 15 is 0 Å². The predicted molar refractivity (Wildman–Crippen MR) is 84.0 cm³/mol. The van der Waals surface area contributed by atoms with Crippen LogP contribution in [0.1, 0.15) is 25.7 Å². The van der Waals surface area contributed by atoms with Gasteiger partial charge in [0.1, 0.15) is 6.61 Å². The summed E-state index contributed by atoms with van der Waals surface area (Å²) in [5, 5.41) is 0. The van der Waals surface area contributed by atoms with E-state index in [2.05, 4.69) is 16.8 Å². The molecular formula is C16H29N3O3. The number of nitrogens with zero attached hydrogens (tertiary/aromatic N) is 3. The SMILES string of the molecule is COC[C@]12CCCN1[C@@H](COC(=O)N1CCN(C)CC1)CC2. The van der Waals surface area contributed by atoms with E-state index in [1.807, 2.05) is 4.90 Å². The van der Waals surface area contributed by atoms with Crippen molar-refractivity contribution in [2.24, 2.45) is 0 Å². The van der Waals surface area contributed by atoms with Crippen LogP contribution in [0.2, 0.25) is 0 Å². The second-order valence-electron chi connectivity index (χ2n) is 7.01. The topological polar surface area (TPSA) is 45.3 Å². The Morgan fingerprint density at radius 2 is 1.95 bits per heavy atom. The Balaban J connectivity index is 1.49. The van der Waals surface area contributed by atoms with E-state index in [0.29, 0.717) is 12.6 Å². The van der Waals surface area contributed by atoms with Crippen molar-refractivity contribution < 1.29 is 14.3 Å². The predicted octanol–water partition coefficient (Wildman–Crippen LogP) is 1.01. The Labute approximate surface area is 133 Å². The summed E-state index contributed by atoms with van der Waals surface area (Å²) in [7, 11) is 3.87. The minimum atomic E-state index is -0.142. The maximum Gasteiger partial charge on any atom is 0.409 e. The van der Waals surface area contributed by atoms with Gasteiger partial charge < -0.3 is 19.3 Å². The maximum atomic E-state index is 12.2. The van der Waals surface area contributed by atoms with Gasteiger partial charge in [-0.1, -0.05) is 0 Å². The molecule has 3 aliphatic heterocycles. The lowest BCUT2D eigenvalue weighted by atomic mass is 9.95. The molecule has 0 radical (unpaired) electrons. The summed E-state index contributed by atoms with van der Waals surface area (Å²) in [4.78, 5) is 18.8. The Morgan fingerprint density at radius 3 is 2.68 bits per heavy atom. The Morgan fingerprint density at radius 1 is 1.18 bits per heavy atom. The number of amides is 1. The van der Waals surface area contributed by atoms with Crippen LogP contribution in [0.15, 0.2) is 0 Å².